The summed E-state index contributed by atoms with van der Waals surface area (Å²) in [6, 6.07) is 67.4. The fourth-order valence-electron chi connectivity index (χ4n) is 8.52. The lowest BCUT2D eigenvalue weighted by Crippen LogP contribution is -1.98. The van der Waals surface area contributed by atoms with Crippen LogP contribution >= 0.6 is 11.3 Å². The largest absolute Gasteiger partial charge is 0.309 e. The van der Waals surface area contributed by atoms with Crippen LogP contribution in [0.5, 0.6) is 0 Å². The van der Waals surface area contributed by atoms with Crippen LogP contribution in [0.15, 0.2) is 182 Å². The highest BCUT2D eigenvalue weighted by Gasteiger charge is 2.30. The maximum Gasteiger partial charge on any atom is 0.0548 e. The molecule has 0 bridgehead atoms. The van der Waals surface area contributed by atoms with E-state index in [9.17, 15) is 0 Å². The van der Waals surface area contributed by atoms with Crippen molar-refractivity contribution in [3.63, 3.8) is 0 Å². The molecule has 0 saturated heterocycles. The molecule has 1 atom stereocenters. The number of hydrogen-bond donors (Lipinski definition) is 0. The quantitative estimate of drug-likeness (QED) is 0.176. The van der Waals surface area contributed by atoms with E-state index in [4.69, 9.17) is 0 Å². The second kappa shape index (κ2) is 11.1. The fraction of sp³-hybridized carbons (Fsp3) is 0.0204. The van der Waals surface area contributed by atoms with Gasteiger partial charge in [-0.2, -0.15) is 0 Å². The van der Waals surface area contributed by atoms with Gasteiger partial charge in [0, 0.05) is 42.6 Å². The summed E-state index contributed by atoms with van der Waals surface area (Å²) in [7, 11) is 0. The molecule has 11 rings (SSSR count). The van der Waals surface area contributed by atoms with E-state index in [1.165, 1.54) is 97.7 Å². The first-order valence-corrected chi connectivity index (χ1v) is 18.4. The van der Waals surface area contributed by atoms with Crippen LogP contribution in [-0.4, -0.2) is 4.57 Å². The number of nitrogens with zero attached hydrogens (tertiary/aromatic N) is 1. The van der Waals surface area contributed by atoms with Crippen LogP contribution in [-0.2, 0) is 0 Å². The predicted octanol–water partition coefficient (Wildman–Crippen LogP) is 13.6. The molecule has 0 amide bonds. The Morgan fingerprint density at radius 3 is 1.88 bits per heavy atom. The first-order valence-electron chi connectivity index (χ1n) is 17.6. The summed E-state index contributed by atoms with van der Waals surface area (Å²) < 4.78 is 5.11. The molecule has 0 fully saturated rings. The molecule has 10 aromatic rings. The van der Waals surface area contributed by atoms with E-state index >= 15 is 0 Å². The maximum absolute atomic E-state index is 2.46. The Bertz CT molecular complexity index is 2950. The molecule has 2 heteroatoms. The third-order valence-electron chi connectivity index (χ3n) is 10.9. The number of aromatic nitrogens is 1. The summed E-state index contributed by atoms with van der Waals surface area (Å²) in [6.07, 6.45) is 0. The molecule has 1 nitrogen and oxygen atoms in total. The van der Waals surface area contributed by atoms with E-state index in [2.05, 4.69) is 187 Å². The van der Waals surface area contributed by atoms with Crippen LogP contribution in [0, 0.1) is 0 Å². The first-order chi connectivity index (χ1) is 25.3. The Morgan fingerprint density at radius 2 is 1.02 bits per heavy atom. The highest BCUT2D eigenvalue weighted by Crippen LogP contribution is 2.49. The Hall–Kier alpha value is -6.22. The molecule has 0 radical (unpaired) electrons. The van der Waals surface area contributed by atoms with E-state index < -0.39 is 0 Å². The van der Waals surface area contributed by atoms with Gasteiger partial charge in [0.2, 0.25) is 0 Å². The molecule has 1 unspecified atom stereocenters. The van der Waals surface area contributed by atoms with Gasteiger partial charge in [-0.25, -0.2) is 0 Å². The van der Waals surface area contributed by atoms with Crippen molar-refractivity contribution in [2.45, 2.75) is 5.92 Å². The maximum atomic E-state index is 2.46. The number of hydrogen-bond acceptors (Lipinski definition) is 1. The minimum Gasteiger partial charge on any atom is -0.309 e. The molecule has 1 aliphatic rings. The van der Waals surface area contributed by atoms with Gasteiger partial charge in [-0.1, -0.05) is 133 Å². The summed E-state index contributed by atoms with van der Waals surface area (Å²) in [6.45, 7) is 0. The Balaban J connectivity index is 1.11. The van der Waals surface area contributed by atoms with Gasteiger partial charge in [0.15, 0.2) is 0 Å². The second-order valence-corrected chi connectivity index (χ2v) is 14.8. The first kappa shape index (κ1) is 28.6. The van der Waals surface area contributed by atoms with Crippen molar-refractivity contribution in [1.82, 2.24) is 4.57 Å². The lowest BCUT2D eigenvalue weighted by atomic mass is 9.89. The van der Waals surface area contributed by atoms with E-state index in [-0.39, 0.29) is 5.92 Å². The molecule has 51 heavy (non-hydrogen) atoms. The normalized spacial score (nSPS) is 13.7. The standard InChI is InChI=1S/C49H31NS/c1-3-11-31(12-4-1)32-19-23-36(24-20-32)50-45-26-22-35(28-42(45)43-30-48-44(29-46(43)50)38-16-9-10-18-47(38)51-48)34-21-25-40-41(27-34)37-15-7-8-17-39(37)49(40)33-13-5-2-6-14-33/h1-30,49H. The van der Waals surface area contributed by atoms with Crippen LogP contribution < -0.4 is 0 Å². The zero-order valence-corrected chi connectivity index (χ0v) is 28.6. The fourth-order valence-corrected chi connectivity index (χ4v) is 9.64. The SMILES string of the molecule is c1ccc(-c2ccc(-n3c4ccc(-c5ccc6c(c5)-c5ccccc5C6c5ccccc5)cc4c4cc5sc6ccccc6c5cc43)cc2)cc1. The molecular formula is C49H31NS. The summed E-state index contributed by atoms with van der Waals surface area (Å²) >= 11 is 1.89. The highest BCUT2D eigenvalue weighted by molar-refractivity contribution is 7.25. The van der Waals surface area contributed by atoms with Crippen LogP contribution in [0.25, 0.3) is 81.0 Å². The van der Waals surface area contributed by atoms with E-state index in [0.717, 1.165) is 0 Å². The number of fused-ring (bicyclic) bond motifs is 9. The third-order valence-corrected chi connectivity index (χ3v) is 12.0. The van der Waals surface area contributed by atoms with Gasteiger partial charge in [0.05, 0.1) is 11.0 Å². The van der Waals surface area contributed by atoms with Gasteiger partial charge < -0.3 is 4.57 Å². The van der Waals surface area contributed by atoms with Gasteiger partial charge in [0.1, 0.15) is 0 Å². The Kier molecular flexibility index (Phi) is 6.25. The number of thiophene rings is 1. The lowest BCUT2D eigenvalue weighted by molar-refractivity contribution is 1.02. The Labute approximate surface area is 300 Å². The molecule has 0 saturated carbocycles. The summed E-state index contributed by atoms with van der Waals surface area (Å²) in [4.78, 5) is 0. The van der Waals surface area contributed by atoms with Crippen molar-refractivity contribution in [2.24, 2.45) is 0 Å². The Morgan fingerprint density at radius 1 is 0.373 bits per heavy atom. The zero-order valence-electron chi connectivity index (χ0n) is 27.8. The summed E-state index contributed by atoms with van der Waals surface area (Å²) in [5.41, 5.74) is 15.4. The monoisotopic (exact) mass is 665 g/mol. The molecular weight excluding hydrogens is 635 g/mol. The van der Waals surface area contributed by atoms with Gasteiger partial charge >= 0.3 is 0 Å². The molecule has 8 aromatic carbocycles. The smallest absolute Gasteiger partial charge is 0.0548 e. The molecule has 238 valence electrons. The van der Waals surface area contributed by atoms with Crippen LogP contribution in [0.2, 0.25) is 0 Å². The summed E-state index contributed by atoms with van der Waals surface area (Å²) in [5, 5.41) is 5.20. The number of rotatable bonds is 4. The van der Waals surface area contributed by atoms with Crippen LogP contribution in [0.1, 0.15) is 22.6 Å². The van der Waals surface area contributed by atoms with Crippen LogP contribution in [0.3, 0.4) is 0 Å². The summed E-state index contributed by atoms with van der Waals surface area (Å²) in [5.74, 6) is 0.254. The molecule has 1 aliphatic carbocycles. The van der Waals surface area contributed by atoms with Crippen molar-refractivity contribution in [3.05, 3.63) is 199 Å². The van der Waals surface area contributed by atoms with Gasteiger partial charge in [-0.05, 0) is 98.6 Å². The average Bonchev–Trinajstić information content (AvgIpc) is 3.84. The van der Waals surface area contributed by atoms with Crippen molar-refractivity contribution < 1.29 is 0 Å². The minimum absolute atomic E-state index is 0.254. The van der Waals surface area contributed by atoms with Crippen molar-refractivity contribution in [1.29, 1.82) is 0 Å². The van der Waals surface area contributed by atoms with Gasteiger partial charge in [0.25, 0.3) is 0 Å². The molecule has 0 spiro atoms. The average molecular weight is 666 g/mol. The van der Waals surface area contributed by atoms with E-state index in [1.807, 2.05) is 11.3 Å². The number of benzene rings is 8. The van der Waals surface area contributed by atoms with Crippen molar-refractivity contribution in [2.75, 3.05) is 0 Å². The molecule has 0 N–H and O–H groups in total. The zero-order chi connectivity index (χ0) is 33.5. The van der Waals surface area contributed by atoms with Crippen molar-refractivity contribution in [3.8, 4) is 39.1 Å². The predicted molar refractivity (Wildman–Crippen MR) is 217 cm³/mol. The molecule has 0 aliphatic heterocycles. The van der Waals surface area contributed by atoms with E-state index in [0.29, 0.717) is 0 Å². The second-order valence-electron chi connectivity index (χ2n) is 13.7. The van der Waals surface area contributed by atoms with Gasteiger partial charge in [-0.15, -0.1) is 11.3 Å². The third kappa shape index (κ3) is 4.40. The molecule has 2 heterocycles. The highest BCUT2D eigenvalue weighted by atomic mass is 32.1. The van der Waals surface area contributed by atoms with Crippen molar-refractivity contribution >= 4 is 53.3 Å². The van der Waals surface area contributed by atoms with E-state index in [1.54, 1.807) is 0 Å². The lowest BCUT2D eigenvalue weighted by Gasteiger charge is -2.14. The topological polar surface area (TPSA) is 4.93 Å². The van der Waals surface area contributed by atoms with Gasteiger partial charge in [-0.3, -0.25) is 0 Å². The minimum atomic E-state index is 0.254. The van der Waals surface area contributed by atoms with Crippen LogP contribution in [0.4, 0.5) is 0 Å². The molecule has 2 aromatic heterocycles.